The van der Waals surface area contributed by atoms with Gasteiger partial charge < -0.3 is 11.1 Å². The highest BCUT2D eigenvalue weighted by Crippen LogP contribution is 2.33. The van der Waals surface area contributed by atoms with Crippen molar-refractivity contribution in [1.82, 2.24) is 0 Å². The summed E-state index contributed by atoms with van der Waals surface area (Å²) >= 11 is 0. The Morgan fingerprint density at radius 2 is 1.95 bits per heavy atom. The van der Waals surface area contributed by atoms with E-state index in [4.69, 9.17) is 11.0 Å². The van der Waals surface area contributed by atoms with E-state index >= 15 is 0 Å². The first kappa shape index (κ1) is 14.7. The normalized spacial score (nSPS) is 23.1. The van der Waals surface area contributed by atoms with E-state index in [0.717, 1.165) is 37.8 Å². The Bertz CT molecular complexity index is 519. The molecule has 0 amide bonds. The van der Waals surface area contributed by atoms with Crippen LogP contribution in [0.15, 0.2) is 18.2 Å². The van der Waals surface area contributed by atoms with Gasteiger partial charge in [0.1, 0.15) is 6.07 Å². The molecule has 6 heteroatoms. The van der Waals surface area contributed by atoms with Crippen LogP contribution >= 0.6 is 0 Å². The maximum absolute atomic E-state index is 12.7. The predicted molar refractivity (Wildman–Crippen MR) is 70.0 cm³/mol. The number of nitriles is 1. The maximum Gasteiger partial charge on any atom is 0.416 e. The molecule has 20 heavy (non-hydrogen) atoms. The van der Waals surface area contributed by atoms with Crippen LogP contribution in [0.4, 0.5) is 18.9 Å². The topological polar surface area (TPSA) is 61.8 Å². The summed E-state index contributed by atoms with van der Waals surface area (Å²) in [7, 11) is 0. The minimum atomic E-state index is -4.42. The summed E-state index contributed by atoms with van der Waals surface area (Å²) in [4.78, 5) is 0. The fourth-order valence-electron chi connectivity index (χ4n) is 2.48. The van der Waals surface area contributed by atoms with Crippen LogP contribution < -0.4 is 11.1 Å². The van der Waals surface area contributed by atoms with Crippen molar-refractivity contribution in [2.75, 3.05) is 5.32 Å². The van der Waals surface area contributed by atoms with Gasteiger partial charge in [0.05, 0.1) is 16.8 Å². The SMILES string of the molecule is N#Cc1ccc(C(F)(F)F)cc1N[C@H]1CCCC[C@@H]1N. The molecule has 2 atom stereocenters. The number of rotatable bonds is 2. The van der Waals surface area contributed by atoms with E-state index in [-0.39, 0.29) is 23.3 Å². The lowest BCUT2D eigenvalue weighted by molar-refractivity contribution is -0.137. The van der Waals surface area contributed by atoms with Gasteiger partial charge in [0, 0.05) is 12.1 Å². The zero-order chi connectivity index (χ0) is 14.8. The highest BCUT2D eigenvalue weighted by molar-refractivity contribution is 5.60. The lowest BCUT2D eigenvalue weighted by atomic mass is 9.90. The summed E-state index contributed by atoms with van der Waals surface area (Å²) in [6.45, 7) is 0. The number of halogens is 3. The van der Waals surface area contributed by atoms with Gasteiger partial charge in [0.25, 0.3) is 0 Å². The van der Waals surface area contributed by atoms with Crippen LogP contribution in [0.5, 0.6) is 0 Å². The van der Waals surface area contributed by atoms with Gasteiger partial charge >= 0.3 is 6.18 Å². The van der Waals surface area contributed by atoms with E-state index in [9.17, 15) is 13.2 Å². The summed E-state index contributed by atoms with van der Waals surface area (Å²) in [5.74, 6) is 0. The molecular weight excluding hydrogens is 267 g/mol. The minimum absolute atomic E-state index is 0.0840. The molecule has 1 saturated carbocycles. The third kappa shape index (κ3) is 3.23. The maximum atomic E-state index is 12.7. The van der Waals surface area contributed by atoms with Crippen molar-refractivity contribution in [3.63, 3.8) is 0 Å². The second-order valence-corrected chi connectivity index (χ2v) is 5.07. The number of benzene rings is 1. The van der Waals surface area contributed by atoms with Crippen molar-refractivity contribution in [3.05, 3.63) is 29.3 Å². The van der Waals surface area contributed by atoms with E-state index in [2.05, 4.69) is 5.32 Å². The number of hydrogen-bond donors (Lipinski definition) is 2. The van der Waals surface area contributed by atoms with Crippen LogP contribution in [0.1, 0.15) is 36.8 Å². The molecule has 108 valence electrons. The van der Waals surface area contributed by atoms with Gasteiger partial charge in [-0.25, -0.2) is 0 Å². The lowest BCUT2D eigenvalue weighted by Gasteiger charge is -2.30. The molecule has 2 rings (SSSR count). The van der Waals surface area contributed by atoms with Crippen molar-refractivity contribution < 1.29 is 13.2 Å². The van der Waals surface area contributed by atoms with Gasteiger partial charge in [-0.3, -0.25) is 0 Å². The van der Waals surface area contributed by atoms with Crippen LogP contribution in [0.25, 0.3) is 0 Å². The molecule has 1 aliphatic rings. The molecule has 0 bridgehead atoms. The van der Waals surface area contributed by atoms with E-state index in [0.29, 0.717) is 0 Å². The first-order valence-electron chi connectivity index (χ1n) is 6.55. The van der Waals surface area contributed by atoms with E-state index in [1.165, 1.54) is 6.07 Å². The molecule has 1 aromatic rings. The number of alkyl halides is 3. The van der Waals surface area contributed by atoms with Gasteiger partial charge in [-0.1, -0.05) is 12.8 Å². The van der Waals surface area contributed by atoms with Gasteiger partial charge in [0.2, 0.25) is 0 Å². The van der Waals surface area contributed by atoms with Gasteiger partial charge in [0.15, 0.2) is 0 Å². The van der Waals surface area contributed by atoms with Crippen molar-refractivity contribution in [2.24, 2.45) is 5.73 Å². The summed E-state index contributed by atoms with van der Waals surface area (Å²) in [5.41, 5.74) is 5.63. The third-order valence-corrected chi connectivity index (χ3v) is 3.63. The highest BCUT2D eigenvalue weighted by Gasteiger charge is 2.31. The van der Waals surface area contributed by atoms with Gasteiger partial charge in [-0.2, -0.15) is 18.4 Å². The van der Waals surface area contributed by atoms with Crippen LogP contribution in [0.2, 0.25) is 0 Å². The molecule has 0 unspecified atom stereocenters. The Labute approximate surface area is 115 Å². The minimum Gasteiger partial charge on any atom is -0.380 e. The number of nitrogens with one attached hydrogen (secondary N) is 1. The average molecular weight is 283 g/mol. The van der Waals surface area contributed by atoms with Crippen molar-refractivity contribution in [2.45, 2.75) is 43.9 Å². The van der Waals surface area contributed by atoms with E-state index in [1.807, 2.05) is 6.07 Å². The predicted octanol–water partition coefficient (Wildman–Crippen LogP) is 3.26. The number of anilines is 1. The molecule has 1 aliphatic carbocycles. The molecule has 0 saturated heterocycles. The van der Waals surface area contributed by atoms with Gasteiger partial charge in [-0.05, 0) is 31.0 Å². The van der Waals surface area contributed by atoms with Crippen LogP contribution in [0.3, 0.4) is 0 Å². The average Bonchev–Trinajstić information content (AvgIpc) is 2.40. The molecule has 0 heterocycles. The summed E-state index contributed by atoms with van der Waals surface area (Å²) in [6.07, 6.45) is -0.737. The van der Waals surface area contributed by atoms with Gasteiger partial charge in [-0.15, -0.1) is 0 Å². The smallest absolute Gasteiger partial charge is 0.380 e. The van der Waals surface area contributed by atoms with Crippen LogP contribution in [0, 0.1) is 11.3 Å². The monoisotopic (exact) mass is 283 g/mol. The summed E-state index contributed by atoms with van der Waals surface area (Å²) in [6, 6.07) is 4.83. The number of nitrogens with zero attached hydrogens (tertiary/aromatic N) is 1. The lowest BCUT2D eigenvalue weighted by Crippen LogP contribution is -2.42. The van der Waals surface area contributed by atoms with E-state index < -0.39 is 11.7 Å². The highest BCUT2D eigenvalue weighted by atomic mass is 19.4. The van der Waals surface area contributed by atoms with Crippen molar-refractivity contribution in [1.29, 1.82) is 5.26 Å². The quantitative estimate of drug-likeness (QED) is 0.875. The number of hydrogen-bond acceptors (Lipinski definition) is 3. The zero-order valence-corrected chi connectivity index (χ0v) is 10.9. The third-order valence-electron chi connectivity index (χ3n) is 3.63. The molecule has 0 aromatic heterocycles. The molecule has 0 radical (unpaired) electrons. The standard InChI is InChI=1S/C14H16F3N3/c15-14(16,17)10-6-5-9(8-18)13(7-10)20-12-4-2-1-3-11(12)19/h5-7,11-12,20H,1-4,19H2/t11-,12-/m0/s1. The Morgan fingerprint density at radius 1 is 1.25 bits per heavy atom. The molecular formula is C14H16F3N3. The van der Waals surface area contributed by atoms with Crippen molar-refractivity contribution >= 4 is 5.69 Å². The molecule has 3 N–H and O–H groups in total. The first-order valence-corrected chi connectivity index (χ1v) is 6.55. The van der Waals surface area contributed by atoms with E-state index in [1.54, 1.807) is 0 Å². The fourth-order valence-corrected chi connectivity index (χ4v) is 2.48. The summed E-state index contributed by atoms with van der Waals surface area (Å²) in [5, 5.41) is 12.0. The second-order valence-electron chi connectivity index (χ2n) is 5.07. The molecule has 0 aliphatic heterocycles. The molecule has 0 spiro atoms. The Hall–Kier alpha value is -1.74. The summed E-state index contributed by atoms with van der Waals surface area (Å²) < 4.78 is 38.2. The van der Waals surface area contributed by atoms with Crippen LogP contribution in [-0.4, -0.2) is 12.1 Å². The number of nitrogens with two attached hydrogens (primary N) is 1. The largest absolute Gasteiger partial charge is 0.416 e. The zero-order valence-electron chi connectivity index (χ0n) is 10.9. The molecule has 1 fully saturated rings. The molecule has 1 aromatic carbocycles. The Kier molecular flexibility index (Phi) is 4.19. The van der Waals surface area contributed by atoms with Crippen LogP contribution in [-0.2, 0) is 6.18 Å². The Morgan fingerprint density at radius 3 is 2.55 bits per heavy atom. The second kappa shape index (κ2) is 5.71. The molecule has 3 nitrogen and oxygen atoms in total. The van der Waals surface area contributed by atoms with Crippen molar-refractivity contribution in [3.8, 4) is 6.07 Å². The fraction of sp³-hybridized carbons (Fsp3) is 0.500. The Balaban J connectivity index is 2.27. The first-order chi connectivity index (χ1) is 9.41.